The summed E-state index contributed by atoms with van der Waals surface area (Å²) in [7, 11) is 0. The van der Waals surface area contributed by atoms with Crippen LogP contribution in [-0.4, -0.2) is 25.2 Å². The number of carbonyl (C=O) groups excluding carboxylic acids is 1. The number of hydrogen-bond acceptors (Lipinski definition) is 4. The van der Waals surface area contributed by atoms with Gasteiger partial charge in [-0.2, -0.15) is 5.26 Å². The summed E-state index contributed by atoms with van der Waals surface area (Å²) >= 11 is 9.37. The maximum absolute atomic E-state index is 12.3. The van der Waals surface area contributed by atoms with Crippen LogP contribution in [0.15, 0.2) is 52.5 Å². The second-order valence-corrected chi connectivity index (χ2v) is 7.91. The van der Waals surface area contributed by atoms with Crippen LogP contribution in [0.1, 0.15) is 24.0 Å². The fraction of sp³-hybridized carbons (Fsp3) is 0.273. The molecule has 2 aromatic rings. The summed E-state index contributed by atoms with van der Waals surface area (Å²) in [6.45, 7) is 1.54. The smallest absolute Gasteiger partial charge is 0.262 e. The molecular weight excluding hydrogens is 456 g/mol. The predicted octanol–water partition coefficient (Wildman–Crippen LogP) is 4.88. The van der Waals surface area contributed by atoms with E-state index >= 15 is 0 Å². The Morgan fingerprint density at radius 1 is 1.34 bits per heavy atom. The maximum atomic E-state index is 12.3. The maximum Gasteiger partial charge on any atom is 0.262 e. The van der Waals surface area contributed by atoms with E-state index in [1.807, 2.05) is 36.4 Å². The van der Waals surface area contributed by atoms with Crippen LogP contribution < -0.4 is 10.1 Å². The molecule has 1 aliphatic heterocycles. The highest BCUT2D eigenvalue weighted by atomic mass is 79.9. The van der Waals surface area contributed by atoms with Crippen LogP contribution >= 0.6 is 27.5 Å². The average molecular weight is 476 g/mol. The Balaban J connectivity index is 1.61. The molecule has 1 fully saturated rings. The molecule has 1 atom stereocenters. The van der Waals surface area contributed by atoms with Gasteiger partial charge in [0.2, 0.25) is 0 Å². The first-order valence-corrected chi connectivity index (χ1v) is 10.4. The molecule has 0 aliphatic carbocycles. The lowest BCUT2D eigenvalue weighted by Gasteiger charge is -2.11. The fourth-order valence-corrected chi connectivity index (χ4v) is 3.52. The van der Waals surface area contributed by atoms with Gasteiger partial charge < -0.3 is 14.8 Å². The Kier molecular flexibility index (Phi) is 7.70. The van der Waals surface area contributed by atoms with Crippen molar-refractivity contribution in [1.29, 1.82) is 5.26 Å². The fourth-order valence-electron chi connectivity index (χ4n) is 2.89. The van der Waals surface area contributed by atoms with Crippen molar-refractivity contribution >= 4 is 39.5 Å². The first-order chi connectivity index (χ1) is 14.0. The lowest BCUT2D eigenvalue weighted by Crippen LogP contribution is -2.32. The first-order valence-electron chi connectivity index (χ1n) is 9.23. The number of benzene rings is 2. The van der Waals surface area contributed by atoms with Crippen molar-refractivity contribution in [3.63, 3.8) is 0 Å². The zero-order valence-corrected chi connectivity index (χ0v) is 18.0. The second-order valence-electron chi connectivity index (χ2n) is 6.62. The number of amides is 1. The first kappa shape index (κ1) is 21.4. The van der Waals surface area contributed by atoms with Gasteiger partial charge in [-0.25, -0.2) is 0 Å². The van der Waals surface area contributed by atoms with E-state index in [4.69, 9.17) is 21.1 Å². The van der Waals surface area contributed by atoms with Gasteiger partial charge in [-0.3, -0.25) is 4.79 Å². The molecule has 0 bridgehead atoms. The third-order valence-electron chi connectivity index (χ3n) is 4.45. The van der Waals surface area contributed by atoms with E-state index in [1.54, 1.807) is 18.2 Å². The minimum Gasteiger partial charge on any atom is -0.488 e. The molecule has 29 heavy (non-hydrogen) atoms. The number of nitrogens with one attached hydrogen (secondary N) is 1. The summed E-state index contributed by atoms with van der Waals surface area (Å²) < 4.78 is 12.0. The molecule has 0 saturated carbocycles. The second kappa shape index (κ2) is 10.4. The molecule has 0 aromatic heterocycles. The zero-order chi connectivity index (χ0) is 20.6. The van der Waals surface area contributed by atoms with E-state index in [0.29, 0.717) is 23.9 Å². The summed E-state index contributed by atoms with van der Waals surface area (Å²) in [4.78, 5) is 12.3. The van der Waals surface area contributed by atoms with Crippen molar-refractivity contribution in [2.75, 3.05) is 13.2 Å². The van der Waals surface area contributed by atoms with Gasteiger partial charge >= 0.3 is 0 Å². The van der Waals surface area contributed by atoms with Gasteiger partial charge in [0, 0.05) is 18.2 Å². The monoisotopic (exact) mass is 474 g/mol. The van der Waals surface area contributed by atoms with Crippen molar-refractivity contribution in [3.05, 3.63) is 68.7 Å². The van der Waals surface area contributed by atoms with Crippen LogP contribution in [0.3, 0.4) is 0 Å². The number of rotatable bonds is 7. The number of nitriles is 1. The molecule has 1 aliphatic rings. The number of carbonyl (C=O) groups is 1. The summed E-state index contributed by atoms with van der Waals surface area (Å²) in [5, 5.41) is 12.8. The summed E-state index contributed by atoms with van der Waals surface area (Å²) in [6, 6.07) is 14.8. The van der Waals surface area contributed by atoms with E-state index in [0.717, 1.165) is 35.0 Å². The average Bonchev–Trinajstić information content (AvgIpc) is 3.24. The van der Waals surface area contributed by atoms with Crippen LogP contribution in [-0.2, 0) is 16.1 Å². The summed E-state index contributed by atoms with van der Waals surface area (Å²) in [6.07, 6.45) is 3.52. The van der Waals surface area contributed by atoms with E-state index in [9.17, 15) is 10.1 Å². The van der Waals surface area contributed by atoms with Gasteiger partial charge in [-0.15, -0.1) is 0 Å². The van der Waals surface area contributed by atoms with Gasteiger partial charge in [-0.05, 0) is 70.2 Å². The van der Waals surface area contributed by atoms with Crippen molar-refractivity contribution < 1.29 is 14.3 Å². The van der Waals surface area contributed by atoms with Crippen LogP contribution in [0.2, 0.25) is 5.02 Å². The topological polar surface area (TPSA) is 71.3 Å². The quantitative estimate of drug-likeness (QED) is 0.457. The normalized spacial score (nSPS) is 16.3. The Labute approximate surface area is 183 Å². The van der Waals surface area contributed by atoms with E-state index in [-0.39, 0.29) is 11.7 Å². The Morgan fingerprint density at radius 2 is 2.14 bits per heavy atom. The molecule has 150 valence electrons. The zero-order valence-electron chi connectivity index (χ0n) is 15.7. The Morgan fingerprint density at radius 3 is 2.79 bits per heavy atom. The molecule has 3 rings (SSSR count). The van der Waals surface area contributed by atoms with Crippen LogP contribution in [0.25, 0.3) is 6.08 Å². The molecular formula is C22H20BrClN2O3. The third-order valence-corrected chi connectivity index (χ3v) is 5.33. The SMILES string of the molecule is N#C/C(=C\c1ccc(OCc2ccc(Cl)cc2)c(Br)c1)C(=O)NCC1CCCO1. The van der Waals surface area contributed by atoms with Gasteiger partial charge in [0.1, 0.15) is 24.0 Å². The molecule has 7 heteroatoms. The number of halogens is 2. The van der Waals surface area contributed by atoms with Crippen molar-refractivity contribution in [2.24, 2.45) is 0 Å². The molecule has 1 saturated heterocycles. The van der Waals surface area contributed by atoms with E-state index in [1.165, 1.54) is 0 Å². The summed E-state index contributed by atoms with van der Waals surface area (Å²) in [5.41, 5.74) is 1.77. The van der Waals surface area contributed by atoms with Gasteiger partial charge in [0.25, 0.3) is 5.91 Å². The number of hydrogen-bond donors (Lipinski definition) is 1. The third kappa shape index (κ3) is 6.33. The standard InChI is InChI=1S/C22H20BrClN2O3/c23-20-11-16(5-8-21(20)29-14-15-3-6-18(24)7-4-15)10-17(12-25)22(27)26-13-19-2-1-9-28-19/h3-8,10-11,19H,1-2,9,13-14H2,(H,26,27)/b17-10+. The predicted molar refractivity (Wildman–Crippen MR) is 115 cm³/mol. The Bertz CT molecular complexity index is 932. The molecule has 1 amide bonds. The lowest BCUT2D eigenvalue weighted by atomic mass is 10.1. The van der Waals surface area contributed by atoms with Crippen molar-refractivity contribution in [2.45, 2.75) is 25.6 Å². The molecule has 5 nitrogen and oxygen atoms in total. The highest BCUT2D eigenvalue weighted by Gasteiger charge is 2.17. The number of ether oxygens (including phenoxy) is 2. The molecule has 1 unspecified atom stereocenters. The minimum absolute atomic E-state index is 0.0325. The molecule has 0 radical (unpaired) electrons. The molecule has 1 heterocycles. The van der Waals surface area contributed by atoms with Crippen LogP contribution in [0.5, 0.6) is 5.75 Å². The van der Waals surface area contributed by atoms with Crippen LogP contribution in [0.4, 0.5) is 0 Å². The minimum atomic E-state index is -0.401. The lowest BCUT2D eigenvalue weighted by molar-refractivity contribution is -0.117. The highest BCUT2D eigenvalue weighted by molar-refractivity contribution is 9.10. The molecule has 2 aromatic carbocycles. The van der Waals surface area contributed by atoms with E-state index in [2.05, 4.69) is 21.2 Å². The summed E-state index contributed by atoms with van der Waals surface area (Å²) in [5.74, 6) is 0.264. The van der Waals surface area contributed by atoms with Crippen LogP contribution in [0, 0.1) is 11.3 Å². The number of nitrogens with zero attached hydrogens (tertiary/aromatic N) is 1. The molecule has 0 spiro atoms. The van der Waals surface area contributed by atoms with E-state index < -0.39 is 5.91 Å². The van der Waals surface area contributed by atoms with Gasteiger partial charge in [0.05, 0.1) is 10.6 Å². The Hall–Kier alpha value is -2.33. The van der Waals surface area contributed by atoms with Gasteiger partial charge in [-0.1, -0.05) is 29.8 Å². The largest absolute Gasteiger partial charge is 0.488 e. The highest BCUT2D eigenvalue weighted by Crippen LogP contribution is 2.28. The van der Waals surface area contributed by atoms with Crippen molar-refractivity contribution in [1.82, 2.24) is 5.32 Å². The molecule has 1 N–H and O–H groups in total. The van der Waals surface area contributed by atoms with Crippen molar-refractivity contribution in [3.8, 4) is 11.8 Å². The van der Waals surface area contributed by atoms with Gasteiger partial charge in [0.15, 0.2) is 0 Å².